The summed E-state index contributed by atoms with van der Waals surface area (Å²) in [7, 11) is 0. The smallest absolute Gasteiger partial charge is 0.254 e. The maximum Gasteiger partial charge on any atom is 0.254 e. The fourth-order valence-electron chi connectivity index (χ4n) is 2.25. The molecule has 2 heterocycles. The van der Waals surface area contributed by atoms with Gasteiger partial charge in [-0.3, -0.25) is 4.79 Å². The topological polar surface area (TPSA) is 85.7 Å². The number of likely N-dealkylation sites (tertiary alicyclic amines) is 1. The summed E-state index contributed by atoms with van der Waals surface area (Å²) in [5.74, 6) is 0.487. The Labute approximate surface area is 118 Å². The molecule has 0 spiro atoms. The van der Waals surface area contributed by atoms with Gasteiger partial charge in [-0.2, -0.15) is 0 Å². The van der Waals surface area contributed by atoms with Crippen molar-refractivity contribution in [3.63, 3.8) is 0 Å². The first-order chi connectivity index (χ1) is 9.51. The van der Waals surface area contributed by atoms with Crippen LogP contribution in [0.25, 0.3) is 0 Å². The fraction of sp³-hybridized carbons (Fsp3) is 0.571. The fourth-order valence-corrected chi connectivity index (χ4v) is 2.25. The van der Waals surface area contributed by atoms with Crippen LogP contribution in [0.4, 0.5) is 5.82 Å². The minimum atomic E-state index is -0.862. The average Bonchev–Trinajstić information content (AvgIpc) is 2.75. The lowest BCUT2D eigenvalue weighted by Crippen LogP contribution is -2.30. The Bertz CT molecular complexity index is 483. The standard InChI is InChI=1S/C14H21N3O3/c1-3-4-15-13-6-10(5-9(2)16-13)14(20)17-7-11(18)12(19)8-17/h5-6,11-12,18-19H,3-4,7-8H2,1-2H3,(H,15,16). The molecule has 2 unspecified atom stereocenters. The summed E-state index contributed by atoms with van der Waals surface area (Å²) in [5.41, 5.74) is 1.28. The van der Waals surface area contributed by atoms with Crippen LogP contribution in [-0.4, -0.2) is 57.8 Å². The molecule has 1 amide bonds. The van der Waals surface area contributed by atoms with Crippen molar-refractivity contribution < 1.29 is 15.0 Å². The first kappa shape index (κ1) is 14.7. The Morgan fingerprint density at radius 1 is 1.40 bits per heavy atom. The molecule has 2 rings (SSSR count). The summed E-state index contributed by atoms with van der Waals surface area (Å²) in [6, 6.07) is 3.43. The number of hydrogen-bond donors (Lipinski definition) is 3. The van der Waals surface area contributed by atoms with E-state index in [2.05, 4.69) is 17.2 Å². The molecule has 20 heavy (non-hydrogen) atoms. The highest BCUT2D eigenvalue weighted by molar-refractivity contribution is 5.95. The van der Waals surface area contributed by atoms with Gasteiger partial charge in [0.15, 0.2) is 0 Å². The molecule has 1 saturated heterocycles. The van der Waals surface area contributed by atoms with Crippen molar-refractivity contribution in [2.24, 2.45) is 0 Å². The number of rotatable bonds is 4. The molecule has 3 N–H and O–H groups in total. The minimum Gasteiger partial charge on any atom is -0.388 e. The van der Waals surface area contributed by atoms with Crippen LogP contribution in [-0.2, 0) is 0 Å². The molecular formula is C14H21N3O3. The zero-order valence-electron chi connectivity index (χ0n) is 11.8. The van der Waals surface area contributed by atoms with Crippen molar-refractivity contribution in [1.29, 1.82) is 0 Å². The van der Waals surface area contributed by atoms with Crippen molar-refractivity contribution in [2.45, 2.75) is 32.5 Å². The van der Waals surface area contributed by atoms with Gasteiger partial charge in [0.25, 0.3) is 5.91 Å². The largest absolute Gasteiger partial charge is 0.388 e. The quantitative estimate of drug-likeness (QED) is 0.742. The van der Waals surface area contributed by atoms with Crippen molar-refractivity contribution in [3.05, 3.63) is 23.4 Å². The van der Waals surface area contributed by atoms with E-state index in [1.165, 1.54) is 4.90 Å². The van der Waals surface area contributed by atoms with Crippen LogP contribution >= 0.6 is 0 Å². The third-order valence-electron chi connectivity index (χ3n) is 3.30. The second kappa shape index (κ2) is 6.19. The van der Waals surface area contributed by atoms with E-state index in [0.29, 0.717) is 11.4 Å². The van der Waals surface area contributed by atoms with E-state index in [9.17, 15) is 15.0 Å². The predicted molar refractivity (Wildman–Crippen MR) is 75.7 cm³/mol. The maximum absolute atomic E-state index is 12.4. The van der Waals surface area contributed by atoms with Crippen LogP contribution < -0.4 is 5.32 Å². The third kappa shape index (κ3) is 3.26. The number of nitrogens with zero attached hydrogens (tertiary/aromatic N) is 2. The number of carbonyl (C=O) groups is 1. The van der Waals surface area contributed by atoms with Gasteiger partial charge in [0.2, 0.25) is 0 Å². The van der Waals surface area contributed by atoms with E-state index < -0.39 is 12.2 Å². The first-order valence-corrected chi connectivity index (χ1v) is 6.89. The molecule has 0 radical (unpaired) electrons. The predicted octanol–water partition coefficient (Wildman–Crippen LogP) is 0.390. The SMILES string of the molecule is CCCNc1cc(C(=O)N2CC(O)C(O)C2)cc(C)n1. The molecule has 6 heteroatoms. The summed E-state index contributed by atoms with van der Waals surface area (Å²) in [4.78, 5) is 18.2. The Balaban J connectivity index is 2.15. The number of aliphatic hydroxyl groups excluding tert-OH is 2. The number of carbonyl (C=O) groups excluding carboxylic acids is 1. The Morgan fingerprint density at radius 3 is 2.65 bits per heavy atom. The number of β-amino-alcohol motifs (C(OH)–C–C–N with tert-alkyl or cyclic N) is 2. The molecule has 0 saturated carbocycles. The highest BCUT2D eigenvalue weighted by Gasteiger charge is 2.33. The summed E-state index contributed by atoms with van der Waals surface area (Å²) in [6.45, 7) is 5.02. The molecule has 110 valence electrons. The Hall–Kier alpha value is -1.66. The lowest BCUT2D eigenvalue weighted by Gasteiger charge is -2.16. The second-order valence-corrected chi connectivity index (χ2v) is 5.15. The molecule has 0 aromatic carbocycles. The normalized spacial score (nSPS) is 22.1. The van der Waals surface area contributed by atoms with Gasteiger partial charge < -0.3 is 20.4 Å². The van der Waals surface area contributed by atoms with Gasteiger partial charge in [-0.1, -0.05) is 6.92 Å². The van der Waals surface area contributed by atoms with Crippen LogP contribution in [0, 0.1) is 6.92 Å². The molecule has 1 aromatic heterocycles. The number of pyridine rings is 1. The Morgan fingerprint density at radius 2 is 2.05 bits per heavy atom. The third-order valence-corrected chi connectivity index (χ3v) is 3.30. The molecule has 1 aliphatic heterocycles. The van der Waals surface area contributed by atoms with Gasteiger partial charge in [0.1, 0.15) is 5.82 Å². The zero-order chi connectivity index (χ0) is 14.7. The number of anilines is 1. The van der Waals surface area contributed by atoms with Crippen molar-refractivity contribution in [3.8, 4) is 0 Å². The highest BCUT2D eigenvalue weighted by Crippen LogP contribution is 2.17. The molecule has 2 atom stereocenters. The molecule has 6 nitrogen and oxygen atoms in total. The van der Waals surface area contributed by atoms with Gasteiger partial charge in [-0.15, -0.1) is 0 Å². The van der Waals surface area contributed by atoms with Crippen LogP contribution in [0.5, 0.6) is 0 Å². The van der Waals surface area contributed by atoms with Crippen LogP contribution in [0.15, 0.2) is 12.1 Å². The van der Waals surface area contributed by atoms with Crippen LogP contribution in [0.3, 0.4) is 0 Å². The van der Waals surface area contributed by atoms with Crippen molar-refractivity contribution in [1.82, 2.24) is 9.88 Å². The van der Waals surface area contributed by atoms with Gasteiger partial charge >= 0.3 is 0 Å². The summed E-state index contributed by atoms with van der Waals surface area (Å²) < 4.78 is 0. The molecule has 1 aliphatic rings. The number of amides is 1. The number of nitrogens with one attached hydrogen (secondary N) is 1. The number of aryl methyl sites for hydroxylation is 1. The maximum atomic E-state index is 12.4. The van der Waals surface area contributed by atoms with E-state index in [-0.39, 0.29) is 19.0 Å². The van der Waals surface area contributed by atoms with E-state index in [1.807, 2.05) is 6.92 Å². The lowest BCUT2D eigenvalue weighted by atomic mass is 10.2. The summed E-state index contributed by atoms with van der Waals surface area (Å²) in [6.07, 6.45) is -0.747. The lowest BCUT2D eigenvalue weighted by molar-refractivity contribution is 0.0572. The Kier molecular flexibility index (Phi) is 4.57. The number of aromatic nitrogens is 1. The van der Waals surface area contributed by atoms with E-state index in [4.69, 9.17) is 0 Å². The van der Waals surface area contributed by atoms with E-state index in [1.54, 1.807) is 12.1 Å². The molecule has 1 aromatic rings. The van der Waals surface area contributed by atoms with Crippen LogP contribution in [0.1, 0.15) is 29.4 Å². The molecule has 0 aliphatic carbocycles. The number of hydrogen-bond acceptors (Lipinski definition) is 5. The van der Waals surface area contributed by atoms with E-state index in [0.717, 1.165) is 18.7 Å². The highest BCUT2D eigenvalue weighted by atomic mass is 16.3. The van der Waals surface area contributed by atoms with E-state index >= 15 is 0 Å². The van der Waals surface area contributed by atoms with Crippen molar-refractivity contribution >= 4 is 11.7 Å². The second-order valence-electron chi connectivity index (χ2n) is 5.15. The zero-order valence-corrected chi connectivity index (χ0v) is 11.8. The summed E-state index contributed by atoms with van der Waals surface area (Å²) in [5, 5.41) is 22.2. The van der Waals surface area contributed by atoms with Gasteiger partial charge in [0, 0.05) is 30.9 Å². The molecule has 1 fully saturated rings. The number of aliphatic hydroxyl groups is 2. The van der Waals surface area contributed by atoms with Crippen LogP contribution in [0.2, 0.25) is 0 Å². The minimum absolute atomic E-state index is 0.166. The first-order valence-electron chi connectivity index (χ1n) is 6.89. The molecular weight excluding hydrogens is 258 g/mol. The van der Waals surface area contributed by atoms with Crippen molar-refractivity contribution in [2.75, 3.05) is 25.0 Å². The summed E-state index contributed by atoms with van der Waals surface area (Å²) >= 11 is 0. The molecule has 0 bridgehead atoms. The van der Waals surface area contributed by atoms with Gasteiger partial charge in [-0.05, 0) is 25.5 Å². The average molecular weight is 279 g/mol. The van der Waals surface area contributed by atoms with Gasteiger partial charge in [-0.25, -0.2) is 4.98 Å². The van der Waals surface area contributed by atoms with Gasteiger partial charge in [0.05, 0.1) is 12.2 Å². The monoisotopic (exact) mass is 279 g/mol.